The topological polar surface area (TPSA) is 66.4 Å². The fraction of sp³-hybridized carbons (Fsp3) is 0.333. The van der Waals surface area contributed by atoms with E-state index in [1.54, 1.807) is 12.1 Å². The molecule has 0 atom stereocenters. The maximum Gasteiger partial charge on any atom is 0.175 e. The van der Waals surface area contributed by atoms with Crippen LogP contribution in [0.5, 0.6) is 0 Å². The van der Waals surface area contributed by atoms with Gasteiger partial charge in [-0.05, 0) is 24.3 Å². The molecule has 14 heavy (non-hydrogen) atoms. The van der Waals surface area contributed by atoms with E-state index in [4.69, 9.17) is 5.11 Å². The van der Waals surface area contributed by atoms with Crippen molar-refractivity contribution in [1.29, 1.82) is 0 Å². The van der Waals surface area contributed by atoms with Gasteiger partial charge in [0.1, 0.15) is 0 Å². The molecule has 0 amide bonds. The van der Waals surface area contributed by atoms with Crippen LogP contribution in [0.2, 0.25) is 0 Å². The van der Waals surface area contributed by atoms with Crippen LogP contribution in [0.15, 0.2) is 29.2 Å². The van der Waals surface area contributed by atoms with E-state index in [1.165, 1.54) is 18.4 Å². The van der Waals surface area contributed by atoms with Gasteiger partial charge in [-0.2, -0.15) is 0 Å². The van der Waals surface area contributed by atoms with Crippen LogP contribution >= 0.6 is 0 Å². The summed E-state index contributed by atoms with van der Waals surface area (Å²) in [4.78, 5) is 0.298. The Balaban J connectivity index is 2.79. The number of rotatable bonds is 4. The summed E-state index contributed by atoms with van der Waals surface area (Å²) in [7, 11) is -3.12. The van der Waals surface area contributed by atoms with Crippen LogP contribution in [-0.4, -0.2) is 32.9 Å². The standard InChI is InChI=1S/C9H13NO3S/c1-14(12,13)9-4-2-8(3-5-9)10-6-7-11/h2-5,10-11H,6-7H2,1H3. The first kappa shape index (κ1) is 11.0. The Kier molecular flexibility index (Phi) is 3.49. The second kappa shape index (κ2) is 4.43. The summed E-state index contributed by atoms with van der Waals surface area (Å²) in [5.41, 5.74) is 0.798. The monoisotopic (exact) mass is 215 g/mol. The van der Waals surface area contributed by atoms with Crippen LogP contribution in [0.4, 0.5) is 5.69 Å². The summed E-state index contributed by atoms with van der Waals surface area (Å²) in [6.45, 7) is 0.506. The first-order valence-corrected chi connectivity index (χ1v) is 6.08. The van der Waals surface area contributed by atoms with Gasteiger partial charge >= 0.3 is 0 Å². The number of anilines is 1. The van der Waals surface area contributed by atoms with Crippen LogP contribution in [-0.2, 0) is 9.84 Å². The third kappa shape index (κ3) is 3.01. The molecule has 0 radical (unpaired) electrons. The summed E-state index contributed by atoms with van der Waals surface area (Å²) in [5.74, 6) is 0. The van der Waals surface area contributed by atoms with E-state index in [-0.39, 0.29) is 6.61 Å². The van der Waals surface area contributed by atoms with Gasteiger partial charge in [-0.15, -0.1) is 0 Å². The predicted octanol–water partition coefficient (Wildman–Crippen LogP) is 0.494. The maximum absolute atomic E-state index is 11.1. The summed E-state index contributed by atoms with van der Waals surface area (Å²) in [6, 6.07) is 6.42. The Bertz CT molecular complexity index is 383. The van der Waals surface area contributed by atoms with Crippen molar-refractivity contribution in [3.8, 4) is 0 Å². The molecule has 1 aromatic carbocycles. The molecule has 0 fully saturated rings. The Morgan fingerprint density at radius 1 is 1.29 bits per heavy atom. The lowest BCUT2D eigenvalue weighted by Gasteiger charge is -2.04. The van der Waals surface area contributed by atoms with E-state index in [0.29, 0.717) is 11.4 Å². The molecule has 5 heteroatoms. The molecule has 4 nitrogen and oxygen atoms in total. The van der Waals surface area contributed by atoms with Crippen LogP contribution in [0.3, 0.4) is 0 Å². The molecular weight excluding hydrogens is 202 g/mol. The van der Waals surface area contributed by atoms with Gasteiger partial charge in [0.15, 0.2) is 9.84 Å². The van der Waals surface area contributed by atoms with Crippen molar-refractivity contribution in [3.05, 3.63) is 24.3 Å². The highest BCUT2D eigenvalue weighted by atomic mass is 32.2. The average molecular weight is 215 g/mol. The van der Waals surface area contributed by atoms with Crippen molar-refractivity contribution < 1.29 is 13.5 Å². The van der Waals surface area contributed by atoms with Gasteiger partial charge in [0.2, 0.25) is 0 Å². The molecule has 0 aliphatic rings. The molecule has 0 saturated heterocycles. The molecular formula is C9H13NO3S. The maximum atomic E-state index is 11.1. The first-order chi connectivity index (χ1) is 6.54. The Morgan fingerprint density at radius 2 is 1.86 bits per heavy atom. The molecule has 0 aromatic heterocycles. The highest BCUT2D eigenvalue weighted by Crippen LogP contribution is 2.13. The van der Waals surface area contributed by atoms with Crippen molar-refractivity contribution in [2.45, 2.75) is 4.90 Å². The minimum Gasteiger partial charge on any atom is -0.395 e. The van der Waals surface area contributed by atoms with Crippen LogP contribution in [0.25, 0.3) is 0 Å². The van der Waals surface area contributed by atoms with Gasteiger partial charge in [-0.3, -0.25) is 0 Å². The number of aliphatic hydroxyl groups excluding tert-OH is 1. The van der Waals surface area contributed by atoms with Gasteiger partial charge in [0.05, 0.1) is 11.5 Å². The fourth-order valence-electron chi connectivity index (χ4n) is 1.02. The zero-order valence-electron chi connectivity index (χ0n) is 7.90. The van der Waals surface area contributed by atoms with Crippen molar-refractivity contribution >= 4 is 15.5 Å². The zero-order valence-corrected chi connectivity index (χ0v) is 8.71. The number of nitrogens with one attached hydrogen (secondary N) is 1. The Hall–Kier alpha value is -1.07. The fourth-order valence-corrected chi connectivity index (χ4v) is 1.65. The quantitative estimate of drug-likeness (QED) is 0.767. The lowest BCUT2D eigenvalue weighted by atomic mass is 10.3. The second-order valence-corrected chi connectivity index (χ2v) is 4.96. The van der Waals surface area contributed by atoms with E-state index in [2.05, 4.69) is 5.32 Å². The van der Waals surface area contributed by atoms with Gasteiger partial charge in [0, 0.05) is 18.5 Å². The predicted molar refractivity (Wildman–Crippen MR) is 55.1 cm³/mol. The minimum atomic E-state index is -3.12. The third-order valence-corrected chi connectivity index (χ3v) is 2.85. The SMILES string of the molecule is CS(=O)(=O)c1ccc(NCCO)cc1. The van der Waals surface area contributed by atoms with E-state index >= 15 is 0 Å². The smallest absolute Gasteiger partial charge is 0.175 e. The molecule has 0 bridgehead atoms. The molecule has 0 aliphatic heterocycles. The summed E-state index contributed by atoms with van der Waals surface area (Å²) in [5, 5.41) is 11.5. The van der Waals surface area contributed by atoms with Crippen molar-refractivity contribution in [1.82, 2.24) is 0 Å². The lowest BCUT2D eigenvalue weighted by Crippen LogP contribution is -2.05. The van der Waals surface area contributed by atoms with Crippen LogP contribution < -0.4 is 5.32 Å². The molecule has 1 rings (SSSR count). The summed E-state index contributed by atoms with van der Waals surface area (Å²) >= 11 is 0. The van der Waals surface area contributed by atoms with E-state index in [0.717, 1.165) is 5.69 Å². The van der Waals surface area contributed by atoms with E-state index in [9.17, 15) is 8.42 Å². The number of hydrogen-bond acceptors (Lipinski definition) is 4. The minimum absolute atomic E-state index is 0.0494. The number of sulfone groups is 1. The average Bonchev–Trinajstić information content (AvgIpc) is 2.14. The van der Waals surface area contributed by atoms with Crippen molar-refractivity contribution in [3.63, 3.8) is 0 Å². The molecule has 0 spiro atoms. The molecule has 0 aliphatic carbocycles. The normalized spacial score (nSPS) is 11.3. The molecule has 2 N–H and O–H groups in total. The summed E-state index contributed by atoms with van der Waals surface area (Å²) in [6.07, 6.45) is 1.17. The van der Waals surface area contributed by atoms with Crippen LogP contribution in [0, 0.1) is 0 Å². The highest BCUT2D eigenvalue weighted by molar-refractivity contribution is 7.90. The van der Waals surface area contributed by atoms with Gasteiger partial charge in [-0.25, -0.2) is 8.42 Å². The number of aliphatic hydroxyl groups is 1. The molecule has 1 aromatic rings. The van der Waals surface area contributed by atoms with E-state index in [1.807, 2.05) is 0 Å². The second-order valence-electron chi connectivity index (χ2n) is 2.95. The molecule has 0 heterocycles. The third-order valence-electron chi connectivity index (χ3n) is 1.72. The Morgan fingerprint density at radius 3 is 2.29 bits per heavy atom. The lowest BCUT2D eigenvalue weighted by molar-refractivity contribution is 0.311. The Labute approximate surface area is 83.5 Å². The highest BCUT2D eigenvalue weighted by Gasteiger charge is 2.05. The molecule has 0 unspecified atom stereocenters. The van der Waals surface area contributed by atoms with Crippen molar-refractivity contribution in [2.75, 3.05) is 24.7 Å². The van der Waals surface area contributed by atoms with Crippen molar-refractivity contribution in [2.24, 2.45) is 0 Å². The molecule has 0 saturated carbocycles. The van der Waals surface area contributed by atoms with Gasteiger partial charge in [-0.1, -0.05) is 0 Å². The van der Waals surface area contributed by atoms with Gasteiger partial charge < -0.3 is 10.4 Å². The largest absolute Gasteiger partial charge is 0.395 e. The van der Waals surface area contributed by atoms with Crippen LogP contribution in [0.1, 0.15) is 0 Å². The number of benzene rings is 1. The zero-order chi connectivity index (χ0) is 10.6. The first-order valence-electron chi connectivity index (χ1n) is 4.19. The molecule has 78 valence electrons. The van der Waals surface area contributed by atoms with Gasteiger partial charge in [0.25, 0.3) is 0 Å². The van der Waals surface area contributed by atoms with E-state index < -0.39 is 9.84 Å². The number of hydrogen-bond donors (Lipinski definition) is 2. The summed E-state index contributed by atoms with van der Waals surface area (Å²) < 4.78 is 22.2.